The third kappa shape index (κ3) is 5.91. The molecule has 2 aromatic carbocycles. The molecule has 37 heavy (non-hydrogen) atoms. The van der Waals surface area contributed by atoms with Gasteiger partial charge in [-0.1, -0.05) is 71.0 Å². The fourth-order valence-corrected chi connectivity index (χ4v) is 5.99. The van der Waals surface area contributed by atoms with Crippen LogP contribution in [-0.4, -0.2) is 60.8 Å². The van der Waals surface area contributed by atoms with Crippen LogP contribution in [0.1, 0.15) is 5.56 Å². The highest BCUT2D eigenvalue weighted by Gasteiger charge is 2.71. The lowest BCUT2D eigenvalue weighted by Crippen LogP contribution is -2.81. The molecular weight excluding hydrogens is 638 g/mol. The summed E-state index contributed by atoms with van der Waals surface area (Å²) in [5.41, 5.74) is -2.67. The number of ether oxygens (including phenoxy) is 2. The van der Waals surface area contributed by atoms with Crippen LogP contribution < -0.4 is 10.1 Å². The summed E-state index contributed by atoms with van der Waals surface area (Å²) in [6, 6.07) is 15.4. The zero-order valence-corrected chi connectivity index (χ0v) is 23.1. The topological polar surface area (TPSA) is 145 Å². The SMILES string of the molecule is C=C(CBr)C(C(=O)OCc1ccccc1)(N1C(=O)C(NC(=O)COc2ccccc2)C1S(=O)Br)[N+](=O)[O-]. The Morgan fingerprint density at radius 1 is 1.16 bits per heavy atom. The van der Waals surface area contributed by atoms with Crippen molar-refractivity contribution in [2.24, 2.45) is 0 Å². The number of halogens is 2. The van der Waals surface area contributed by atoms with Gasteiger partial charge in [0.25, 0.3) is 11.8 Å². The number of carbonyl (C=O) groups is 3. The van der Waals surface area contributed by atoms with E-state index in [0.717, 1.165) is 0 Å². The van der Waals surface area contributed by atoms with E-state index in [0.29, 0.717) is 16.2 Å². The van der Waals surface area contributed by atoms with Crippen LogP contribution in [-0.2, 0) is 35.0 Å². The summed E-state index contributed by atoms with van der Waals surface area (Å²) in [5.74, 6) is -2.73. The molecule has 1 heterocycles. The number of nitrogens with zero attached hydrogens (tertiary/aromatic N) is 2. The Morgan fingerprint density at radius 2 is 1.76 bits per heavy atom. The van der Waals surface area contributed by atoms with E-state index >= 15 is 0 Å². The first-order valence-corrected chi connectivity index (χ1v) is 14.8. The van der Waals surface area contributed by atoms with Crippen molar-refractivity contribution in [3.63, 3.8) is 0 Å². The van der Waals surface area contributed by atoms with Gasteiger partial charge in [0.15, 0.2) is 12.0 Å². The molecule has 11 nitrogen and oxygen atoms in total. The maximum absolute atomic E-state index is 13.3. The first-order valence-electron chi connectivity index (χ1n) is 10.6. The van der Waals surface area contributed by atoms with Crippen molar-refractivity contribution < 1.29 is 33.0 Å². The number of hydrogen-bond acceptors (Lipinski definition) is 8. The minimum absolute atomic E-state index is 0.248. The number of β-lactam (4-membered cyclic amide) rings is 1. The number of para-hydroxylation sites is 1. The normalized spacial score (nSPS) is 19.1. The summed E-state index contributed by atoms with van der Waals surface area (Å²) in [6.07, 6.45) is 0. The van der Waals surface area contributed by atoms with E-state index in [1.54, 1.807) is 60.7 Å². The first kappa shape index (κ1) is 28.5. The molecule has 14 heteroatoms. The van der Waals surface area contributed by atoms with Gasteiger partial charge in [-0.15, -0.1) is 0 Å². The van der Waals surface area contributed by atoms with Crippen LogP contribution in [0.5, 0.6) is 5.75 Å². The Kier molecular flexibility index (Phi) is 9.56. The van der Waals surface area contributed by atoms with Gasteiger partial charge in [-0.3, -0.25) is 19.7 Å². The molecule has 2 aromatic rings. The molecule has 0 aliphatic carbocycles. The molecule has 1 aliphatic rings. The van der Waals surface area contributed by atoms with E-state index in [2.05, 4.69) is 42.6 Å². The van der Waals surface area contributed by atoms with Crippen LogP contribution in [0.25, 0.3) is 0 Å². The largest absolute Gasteiger partial charge is 0.484 e. The summed E-state index contributed by atoms with van der Waals surface area (Å²) in [6.45, 7) is 2.84. The zero-order chi connectivity index (χ0) is 27.2. The zero-order valence-electron chi connectivity index (χ0n) is 19.1. The van der Waals surface area contributed by atoms with Crippen molar-refractivity contribution in [1.82, 2.24) is 10.2 Å². The number of esters is 1. The highest BCUT2D eigenvalue weighted by molar-refractivity contribution is 9.46. The van der Waals surface area contributed by atoms with Crippen molar-refractivity contribution >= 4 is 57.8 Å². The van der Waals surface area contributed by atoms with Crippen LogP contribution >= 0.6 is 30.7 Å². The number of nitro groups is 1. The quantitative estimate of drug-likeness (QED) is 0.0696. The van der Waals surface area contributed by atoms with Gasteiger partial charge in [0, 0.05) is 25.7 Å². The summed E-state index contributed by atoms with van der Waals surface area (Å²) < 4.78 is 23.1. The number of amides is 2. The molecule has 4 atom stereocenters. The van der Waals surface area contributed by atoms with Crippen molar-refractivity contribution in [2.75, 3.05) is 11.9 Å². The van der Waals surface area contributed by atoms with Gasteiger partial charge in [0.1, 0.15) is 27.6 Å². The van der Waals surface area contributed by atoms with Crippen molar-refractivity contribution in [1.29, 1.82) is 0 Å². The third-order valence-electron chi connectivity index (χ3n) is 5.43. The molecule has 1 saturated heterocycles. The molecule has 3 rings (SSSR count). The first-order chi connectivity index (χ1) is 17.6. The van der Waals surface area contributed by atoms with Gasteiger partial charge in [0.05, 0.1) is 4.92 Å². The second kappa shape index (κ2) is 12.4. The average Bonchev–Trinajstić information content (AvgIpc) is 2.90. The lowest BCUT2D eigenvalue weighted by atomic mass is 9.93. The molecule has 0 aromatic heterocycles. The van der Waals surface area contributed by atoms with E-state index in [4.69, 9.17) is 9.47 Å². The summed E-state index contributed by atoms with van der Waals surface area (Å²) in [7, 11) is -2.11. The van der Waals surface area contributed by atoms with Crippen LogP contribution in [0.2, 0.25) is 0 Å². The van der Waals surface area contributed by atoms with E-state index in [1.165, 1.54) is 0 Å². The standard InChI is InChI=1S/C23H21Br2N3O8S/c1-15(12-24)23(28(32)33,22(31)36-13-16-8-4-2-5-9-16)27-20(30)19(21(27)37(25)34)26-18(29)14-35-17-10-6-3-7-11-17/h2-11,19,21H,1,12-14H2,(H,26,29). The average molecular weight is 659 g/mol. The van der Waals surface area contributed by atoms with E-state index in [9.17, 15) is 28.7 Å². The number of benzene rings is 2. The summed E-state index contributed by atoms with van der Waals surface area (Å²) in [5, 5.41) is 13.1. The number of carbonyl (C=O) groups excluding carboxylic acids is 3. The monoisotopic (exact) mass is 657 g/mol. The smallest absolute Gasteiger partial charge is 0.418 e. The Labute approximate surface area is 230 Å². The molecule has 2 amide bonds. The lowest BCUT2D eigenvalue weighted by Gasteiger charge is -2.49. The summed E-state index contributed by atoms with van der Waals surface area (Å²) >= 11 is 5.90. The Bertz CT molecular complexity index is 1220. The van der Waals surface area contributed by atoms with Gasteiger partial charge in [-0.05, 0) is 17.7 Å². The fraction of sp³-hybridized carbons (Fsp3) is 0.261. The molecule has 1 N–H and O–H groups in total. The van der Waals surface area contributed by atoms with Crippen LogP contribution in [0, 0.1) is 10.1 Å². The maximum atomic E-state index is 13.3. The lowest BCUT2D eigenvalue weighted by molar-refractivity contribution is -0.572. The van der Waals surface area contributed by atoms with E-state index in [1.807, 2.05) is 0 Å². The van der Waals surface area contributed by atoms with Crippen LogP contribution in [0.3, 0.4) is 0 Å². The molecule has 1 fully saturated rings. The Balaban J connectivity index is 1.85. The van der Waals surface area contributed by atoms with Crippen LogP contribution in [0.4, 0.5) is 0 Å². The highest BCUT2D eigenvalue weighted by atomic mass is 79.9. The minimum atomic E-state index is -2.90. The molecule has 1 aliphatic heterocycles. The van der Waals surface area contributed by atoms with Gasteiger partial charge >= 0.3 is 11.6 Å². The van der Waals surface area contributed by atoms with E-state index in [-0.39, 0.29) is 17.5 Å². The Hall–Kier alpha value is -3.10. The number of hydrogen-bond donors (Lipinski definition) is 1. The van der Waals surface area contributed by atoms with Crippen molar-refractivity contribution in [2.45, 2.75) is 23.7 Å². The summed E-state index contributed by atoms with van der Waals surface area (Å²) in [4.78, 5) is 50.8. The molecule has 196 valence electrons. The van der Waals surface area contributed by atoms with E-state index < -0.39 is 55.6 Å². The van der Waals surface area contributed by atoms with Crippen molar-refractivity contribution in [3.8, 4) is 5.75 Å². The molecule has 4 unspecified atom stereocenters. The maximum Gasteiger partial charge on any atom is 0.418 e. The highest BCUT2D eigenvalue weighted by Crippen LogP contribution is 2.39. The van der Waals surface area contributed by atoms with Gasteiger partial charge in [-0.25, -0.2) is 13.9 Å². The van der Waals surface area contributed by atoms with Crippen LogP contribution in [0.15, 0.2) is 72.8 Å². The number of likely N-dealkylation sites (tertiary alicyclic amines) is 1. The number of alkyl halides is 1. The number of nitrogens with one attached hydrogen (secondary N) is 1. The predicted octanol–water partition coefficient (Wildman–Crippen LogP) is 2.44. The second-order valence-electron chi connectivity index (χ2n) is 7.72. The van der Waals surface area contributed by atoms with Gasteiger partial charge in [-0.2, -0.15) is 0 Å². The Morgan fingerprint density at radius 3 is 2.30 bits per heavy atom. The van der Waals surface area contributed by atoms with Crippen molar-refractivity contribution in [3.05, 3.63) is 88.5 Å². The number of rotatable bonds is 12. The van der Waals surface area contributed by atoms with Gasteiger partial charge in [0.2, 0.25) is 0 Å². The third-order valence-corrected chi connectivity index (χ3v) is 8.12. The minimum Gasteiger partial charge on any atom is -0.484 e. The second-order valence-corrected chi connectivity index (χ2v) is 11.2. The van der Waals surface area contributed by atoms with Gasteiger partial charge < -0.3 is 14.8 Å². The fourth-order valence-electron chi connectivity index (χ4n) is 3.63. The molecule has 0 spiro atoms. The molecule has 0 radical (unpaired) electrons. The molecule has 0 saturated carbocycles. The predicted molar refractivity (Wildman–Crippen MR) is 140 cm³/mol. The molecular formula is C23H21Br2N3O8S. The molecule has 0 bridgehead atoms.